The molecule has 4 nitrogen and oxygen atoms in total. The SMILES string of the molecule is CN1CCC(N(C)C(=O)/C=C/c2ccc3c(c2)CCO3)CC1. The van der Waals surface area contributed by atoms with Gasteiger partial charge in [0.25, 0.3) is 0 Å². The second-order valence-electron chi connectivity index (χ2n) is 6.28. The molecular weight excluding hydrogens is 276 g/mol. The van der Waals surface area contributed by atoms with Crippen LogP contribution in [-0.4, -0.2) is 55.5 Å². The Morgan fingerprint density at radius 3 is 2.91 bits per heavy atom. The van der Waals surface area contributed by atoms with E-state index in [0.29, 0.717) is 6.04 Å². The van der Waals surface area contributed by atoms with Crippen LogP contribution in [0.25, 0.3) is 6.08 Å². The largest absolute Gasteiger partial charge is 0.493 e. The molecule has 0 unspecified atom stereocenters. The monoisotopic (exact) mass is 300 g/mol. The first-order valence-corrected chi connectivity index (χ1v) is 8.02. The number of likely N-dealkylation sites (tertiary alicyclic amines) is 1. The van der Waals surface area contributed by atoms with E-state index in [0.717, 1.165) is 50.3 Å². The third-order valence-corrected chi connectivity index (χ3v) is 4.72. The van der Waals surface area contributed by atoms with E-state index in [1.54, 1.807) is 6.08 Å². The Morgan fingerprint density at radius 1 is 1.36 bits per heavy atom. The normalized spacial score (nSPS) is 19.2. The molecule has 0 spiro atoms. The lowest BCUT2D eigenvalue weighted by molar-refractivity contribution is -0.127. The Kier molecular flexibility index (Phi) is 4.48. The summed E-state index contributed by atoms with van der Waals surface area (Å²) in [7, 11) is 4.05. The van der Waals surface area contributed by atoms with E-state index in [4.69, 9.17) is 4.74 Å². The van der Waals surface area contributed by atoms with Gasteiger partial charge in [0.1, 0.15) is 5.75 Å². The van der Waals surface area contributed by atoms with Gasteiger partial charge in [0.05, 0.1) is 6.61 Å². The quantitative estimate of drug-likeness (QED) is 0.802. The van der Waals surface area contributed by atoms with Crippen molar-refractivity contribution in [2.75, 3.05) is 33.8 Å². The van der Waals surface area contributed by atoms with Crippen LogP contribution in [-0.2, 0) is 11.2 Å². The van der Waals surface area contributed by atoms with Gasteiger partial charge in [-0.05, 0) is 62.3 Å². The molecule has 2 aliphatic heterocycles. The number of carbonyl (C=O) groups excluding carboxylic acids is 1. The first kappa shape index (κ1) is 15.1. The molecule has 0 N–H and O–H groups in total. The summed E-state index contributed by atoms with van der Waals surface area (Å²) in [5, 5.41) is 0. The lowest BCUT2D eigenvalue weighted by atomic mass is 10.0. The minimum Gasteiger partial charge on any atom is -0.493 e. The van der Waals surface area contributed by atoms with Crippen molar-refractivity contribution in [3.05, 3.63) is 35.4 Å². The molecule has 2 aliphatic rings. The van der Waals surface area contributed by atoms with E-state index < -0.39 is 0 Å². The third kappa shape index (κ3) is 3.33. The fraction of sp³-hybridized carbons (Fsp3) is 0.500. The van der Waals surface area contributed by atoms with Crippen molar-refractivity contribution < 1.29 is 9.53 Å². The molecule has 0 bridgehead atoms. The molecule has 3 rings (SSSR count). The standard InChI is InChI=1S/C18H24N2O2/c1-19-10-7-16(8-11-19)20(2)18(21)6-4-14-3-5-17-15(13-14)9-12-22-17/h3-6,13,16H,7-12H2,1-2H3/b6-4+. The van der Waals surface area contributed by atoms with E-state index in [1.807, 2.05) is 30.2 Å². The average Bonchev–Trinajstić information content (AvgIpc) is 3.00. The van der Waals surface area contributed by atoms with Crippen molar-refractivity contribution >= 4 is 12.0 Å². The Labute approximate surface area is 132 Å². The zero-order valence-electron chi connectivity index (χ0n) is 13.4. The number of carbonyl (C=O) groups is 1. The fourth-order valence-electron chi connectivity index (χ4n) is 3.16. The van der Waals surface area contributed by atoms with Gasteiger partial charge in [-0.1, -0.05) is 6.07 Å². The van der Waals surface area contributed by atoms with Gasteiger partial charge in [-0.25, -0.2) is 0 Å². The van der Waals surface area contributed by atoms with E-state index in [9.17, 15) is 4.79 Å². The van der Waals surface area contributed by atoms with Crippen molar-refractivity contribution in [3.63, 3.8) is 0 Å². The number of likely N-dealkylation sites (N-methyl/N-ethyl adjacent to an activating group) is 1. The van der Waals surface area contributed by atoms with Crippen LogP contribution in [0.3, 0.4) is 0 Å². The lowest BCUT2D eigenvalue weighted by Crippen LogP contribution is -2.43. The van der Waals surface area contributed by atoms with Crippen LogP contribution < -0.4 is 4.74 Å². The van der Waals surface area contributed by atoms with Crippen molar-refractivity contribution in [2.45, 2.75) is 25.3 Å². The molecule has 0 saturated carbocycles. The molecule has 118 valence electrons. The zero-order valence-corrected chi connectivity index (χ0v) is 13.4. The molecule has 1 fully saturated rings. The van der Waals surface area contributed by atoms with Crippen LogP contribution >= 0.6 is 0 Å². The molecule has 4 heteroatoms. The van der Waals surface area contributed by atoms with Crippen molar-refractivity contribution in [1.29, 1.82) is 0 Å². The topological polar surface area (TPSA) is 32.8 Å². The van der Waals surface area contributed by atoms with Crippen molar-refractivity contribution in [3.8, 4) is 5.75 Å². The summed E-state index contributed by atoms with van der Waals surface area (Å²) in [5.41, 5.74) is 2.30. The first-order chi connectivity index (χ1) is 10.6. The van der Waals surface area contributed by atoms with E-state index in [-0.39, 0.29) is 5.91 Å². The number of fused-ring (bicyclic) bond motifs is 1. The average molecular weight is 300 g/mol. The van der Waals surface area contributed by atoms with Crippen LogP contribution in [0, 0.1) is 0 Å². The summed E-state index contributed by atoms with van der Waals surface area (Å²) in [5.74, 6) is 1.07. The molecule has 0 aromatic heterocycles. The molecule has 1 aromatic carbocycles. The maximum Gasteiger partial charge on any atom is 0.246 e. The number of benzene rings is 1. The van der Waals surface area contributed by atoms with Gasteiger partial charge in [0.2, 0.25) is 5.91 Å². The lowest BCUT2D eigenvalue weighted by Gasteiger charge is -2.34. The number of rotatable bonds is 3. The van der Waals surface area contributed by atoms with E-state index >= 15 is 0 Å². The molecular formula is C18H24N2O2. The molecule has 2 heterocycles. The Morgan fingerprint density at radius 2 is 2.14 bits per heavy atom. The van der Waals surface area contributed by atoms with Gasteiger partial charge >= 0.3 is 0 Å². The zero-order chi connectivity index (χ0) is 15.5. The number of amides is 1. The van der Waals surface area contributed by atoms with Crippen LogP contribution in [0.2, 0.25) is 0 Å². The summed E-state index contributed by atoms with van der Waals surface area (Å²) in [6.07, 6.45) is 6.67. The van der Waals surface area contributed by atoms with Crippen LogP contribution in [0.5, 0.6) is 5.75 Å². The second-order valence-corrected chi connectivity index (χ2v) is 6.28. The fourth-order valence-corrected chi connectivity index (χ4v) is 3.16. The molecule has 22 heavy (non-hydrogen) atoms. The molecule has 0 radical (unpaired) electrons. The van der Waals surface area contributed by atoms with Crippen LogP contribution in [0.4, 0.5) is 0 Å². The molecule has 1 saturated heterocycles. The van der Waals surface area contributed by atoms with Gasteiger partial charge in [-0.3, -0.25) is 4.79 Å². The third-order valence-electron chi connectivity index (χ3n) is 4.72. The highest BCUT2D eigenvalue weighted by Gasteiger charge is 2.22. The number of piperidine rings is 1. The summed E-state index contributed by atoms with van der Waals surface area (Å²) in [6.45, 7) is 2.90. The number of hydrogen-bond donors (Lipinski definition) is 0. The van der Waals surface area contributed by atoms with Gasteiger partial charge in [-0.15, -0.1) is 0 Å². The summed E-state index contributed by atoms with van der Waals surface area (Å²) < 4.78 is 5.50. The number of nitrogens with zero attached hydrogens (tertiary/aromatic N) is 2. The second kappa shape index (κ2) is 6.53. The smallest absolute Gasteiger partial charge is 0.246 e. The molecule has 0 aliphatic carbocycles. The Bertz CT molecular complexity index is 574. The minimum atomic E-state index is 0.0892. The summed E-state index contributed by atoms with van der Waals surface area (Å²) >= 11 is 0. The maximum absolute atomic E-state index is 12.3. The predicted molar refractivity (Wildman–Crippen MR) is 88.0 cm³/mol. The van der Waals surface area contributed by atoms with Gasteiger partial charge in [0, 0.05) is 25.6 Å². The molecule has 1 aromatic rings. The van der Waals surface area contributed by atoms with Gasteiger partial charge in [-0.2, -0.15) is 0 Å². The number of ether oxygens (including phenoxy) is 1. The summed E-state index contributed by atoms with van der Waals surface area (Å²) in [6, 6.07) is 6.47. The van der Waals surface area contributed by atoms with Crippen molar-refractivity contribution in [2.24, 2.45) is 0 Å². The van der Waals surface area contributed by atoms with Gasteiger partial charge < -0.3 is 14.5 Å². The van der Waals surface area contributed by atoms with Gasteiger partial charge in [0.15, 0.2) is 0 Å². The molecule has 0 atom stereocenters. The van der Waals surface area contributed by atoms with Crippen LogP contribution in [0.1, 0.15) is 24.0 Å². The van der Waals surface area contributed by atoms with E-state index in [1.165, 1.54) is 5.56 Å². The van der Waals surface area contributed by atoms with Crippen molar-refractivity contribution in [1.82, 2.24) is 9.80 Å². The summed E-state index contributed by atoms with van der Waals surface area (Å²) in [4.78, 5) is 16.5. The van der Waals surface area contributed by atoms with E-state index in [2.05, 4.69) is 18.0 Å². The first-order valence-electron chi connectivity index (χ1n) is 8.02. The molecule has 1 amide bonds. The highest BCUT2D eigenvalue weighted by Crippen LogP contribution is 2.26. The maximum atomic E-state index is 12.3. The predicted octanol–water partition coefficient (Wildman–Crippen LogP) is 2.19. The highest BCUT2D eigenvalue weighted by molar-refractivity contribution is 5.91. The van der Waals surface area contributed by atoms with Crippen LogP contribution in [0.15, 0.2) is 24.3 Å². The highest BCUT2D eigenvalue weighted by atomic mass is 16.5. The Hall–Kier alpha value is -1.81. The number of hydrogen-bond acceptors (Lipinski definition) is 3. The minimum absolute atomic E-state index is 0.0892. The Balaban J connectivity index is 1.61.